The van der Waals surface area contributed by atoms with Gasteiger partial charge in [0, 0.05) is 13.1 Å². The Morgan fingerprint density at radius 2 is 2.00 bits per heavy atom. The first kappa shape index (κ1) is 20.1. The number of aromatic nitrogens is 3. The summed E-state index contributed by atoms with van der Waals surface area (Å²) in [6.45, 7) is 3.17. The highest BCUT2D eigenvalue weighted by atomic mass is 32.2. The van der Waals surface area contributed by atoms with Crippen LogP contribution < -0.4 is 5.84 Å². The number of piperidine rings is 1. The van der Waals surface area contributed by atoms with Crippen LogP contribution in [-0.2, 0) is 14.3 Å². The topological polar surface area (TPSA) is 103 Å². The zero-order chi connectivity index (χ0) is 20.1. The van der Waals surface area contributed by atoms with E-state index < -0.39 is 5.82 Å². The summed E-state index contributed by atoms with van der Waals surface area (Å²) in [6.07, 6.45) is 1.19. The molecule has 1 amide bonds. The maximum Gasteiger partial charge on any atom is 0.309 e. The van der Waals surface area contributed by atoms with Crippen molar-refractivity contribution in [3.8, 4) is 11.4 Å². The third-order valence-electron chi connectivity index (χ3n) is 4.57. The standard InChI is InChI=1S/C18H22FN5O3S/c1-2-27-17(26)12-7-9-23(10-8-12)15(25)11-28-18-22-21-16(24(18)20)13-5-3-4-6-14(13)19/h3-6,12H,2,7-11,20H2,1H3. The highest BCUT2D eigenvalue weighted by Gasteiger charge is 2.28. The first-order valence-corrected chi connectivity index (χ1v) is 10.0. The number of carbonyl (C=O) groups excluding carboxylic acids is 2. The number of esters is 1. The zero-order valence-electron chi connectivity index (χ0n) is 15.5. The van der Waals surface area contributed by atoms with Gasteiger partial charge >= 0.3 is 5.97 Å². The summed E-state index contributed by atoms with van der Waals surface area (Å²) in [5.41, 5.74) is 0.247. The zero-order valence-corrected chi connectivity index (χ0v) is 16.3. The Morgan fingerprint density at radius 3 is 2.68 bits per heavy atom. The number of thioether (sulfide) groups is 1. The van der Waals surface area contributed by atoms with Crippen molar-refractivity contribution in [1.29, 1.82) is 0 Å². The maximum absolute atomic E-state index is 13.9. The predicted octanol–water partition coefficient (Wildman–Crippen LogP) is 1.69. The lowest BCUT2D eigenvalue weighted by molar-refractivity contribution is -0.151. The van der Waals surface area contributed by atoms with E-state index >= 15 is 0 Å². The molecule has 1 aliphatic rings. The van der Waals surface area contributed by atoms with Crippen LogP contribution in [-0.4, -0.2) is 57.1 Å². The van der Waals surface area contributed by atoms with Gasteiger partial charge in [-0.05, 0) is 31.9 Å². The number of nitrogen functional groups attached to an aromatic ring is 1. The SMILES string of the molecule is CCOC(=O)C1CCN(C(=O)CSc2nnc(-c3ccccc3F)n2N)CC1. The molecule has 3 rings (SSSR count). The quantitative estimate of drug-likeness (QED) is 0.441. The number of benzene rings is 1. The van der Waals surface area contributed by atoms with Crippen LogP contribution >= 0.6 is 11.8 Å². The van der Waals surface area contributed by atoms with Gasteiger partial charge in [-0.2, -0.15) is 0 Å². The van der Waals surface area contributed by atoms with Crippen LogP contribution in [0.4, 0.5) is 4.39 Å². The van der Waals surface area contributed by atoms with Crippen molar-refractivity contribution in [3.05, 3.63) is 30.1 Å². The molecule has 1 saturated heterocycles. The Hall–Kier alpha value is -2.62. The van der Waals surface area contributed by atoms with E-state index in [9.17, 15) is 14.0 Å². The van der Waals surface area contributed by atoms with Crippen LogP contribution in [0.3, 0.4) is 0 Å². The second-order valence-corrected chi connectivity index (χ2v) is 7.29. The summed E-state index contributed by atoms with van der Waals surface area (Å²) in [4.78, 5) is 25.9. The fourth-order valence-corrected chi connectivity index (χ4v) is 3.80. The average Bonchev–Trinajstić information content (AvgIpc) is 3.07. The molecular formula is C18H22FN5O3S. The molecule has 0 spiro atoms. The van der Waals surface area contributed by atoms with Gasteiger partial charge in [0.1, 0.15) is 5.82 Å². The fraction of sp³-hybridized carbons (Fsp3) is 0.444. The van der Waals surface area contributed by atoms with E-state index in [1.165, 1.54) is 10.7 Å². The molecule has 1 aromatic heterocycles. The van der Waals surface area contributed by atoms with E-state index in [1.807, 2.05) is 0 Å². The minimum atomic E-state index is -0.446. The van der Waals surface area contributed by atoms with E-state index in [-0.39, 0.29) is 34.9 Å². The average molecular weight is 407 g/mol. The highest BCUT2D eigenvalue weighted by molar-refractivity contribution is 7.99. The number of nitrogens with zero attached hydrogens (tertiary/aromatic N) is 4. The lowest BCUT2D eigenvalue weighted by Crippen LogP contribution is -2.41. The van der Waals surface area contributed by atoms with Gasteiger partial charge in [-0.1, -0.05) is 23.9 Å². The van der Waals surface area contributed by atoms with Crippen LogP contribution in [0.15, 0.2) is 29.4 Å². The Morgan fingerprint density at radius 1 is 1.29 bits per heavy atom. The highest BCUT2D eigenvalue weighted by Crippen LogP contribution is 2.25. The molecule has 0 unspecified atom stereocenters. The van der Waals surface area contributed by atoms with E-state index in [0.29, 0.717) is 37.7 Å². The number of hydrogen-bond acceptors (Lipinski definition) is 7. The van der Waals surface area contributed by atoms with Gasteiger partial charge in [0.15, 0.2) is 5.82 Å². The minimum absolute atomic E-state index is 0.0669. The molecule has 0 atom stereocenters. The molecule has 2 aromatic rings. The molecule has 28 heavy (non-hydrogen) atoms. The molecule has 1 fully saturated rings. The van der Waals surface area contributed by atoms with Gasteiger partial charge in [-0.15, -0.1) is 10.2 Å². The normalized spacial score (nSPS) is 14.9. The van der Waals surface area contributed by atoms with Gasteiger partial charge in [0.25, 0.3) is 0 Å². The number of likely N-dealkylation sites (tertiary alicyclic amines) is 1. The first-order valence-electron chi connectivity index (χ1n) is 9.03. The predicted molar refractivity (Wildman–Crippen MR) is 102 cm³/mol. The lowest BCUT2D eigenvalue weighted by Gasteiger charge is -2.30. The van der Waals surface area contributed by atoms with Crippen molar-refractivity contribution in [2.75, 3.05) is 31.3 Å². The smallest absolute Gasteiger partial charge is 0.309 e. The molecular weight excluding hydrogens is 385 g/mol. The fourth-order valence-electron chi connectivity index (χ4n) is 3.04. The van der Waals surface area contributed by atoms with Crippen LogP contribution in [0, 0.1) is 11.7 Å². The number of carbonyl (C=O) groups is 2. The van der Waals surface area contributed by atoms with Crippen LogP contribution in [0.5, 0.6) is 0 Å². The molecule has 0 radical (unpaired) electrons. The van der Waals surface area contributed by atoms with Gasteiger partial charge in [0.2, 0.25) is 11.1 Å². The summed E-state index contributed by atoms with van der Waals surface area (Å²) >= 11 is 1.14. The molecule has 10 heteroatoms. The monoisotopic (exact) mass is 407 g/mol. The van der Waals surface area contributed by atoms with Crippen molar-refractivity contribution in [3.63, 3.8) is 0 Å². The number of ether oxygens (including phenoxy) is 1. The summed E-state index contributed by atoms with van der Waals surface area (Å²) < 4.78 is 20.1. The molecule has 0 aliphatic carbocycles. The van der Waals surface area contributed by atoms with Crippen molar-refractivity contribution < 1.29 is 18.7 Å². The van der Waals surface area contributed by atoms with E-state index in [0.717, 1.165) is 11.8 Å². The van der Waals surface area contributed by atoms with E-state index in [4.69, 9.17) is 10.6 Å². The van der Waals surface area contributed by atoms with E-state index in [1.54, 1.807) is 30.0 Å². The second kappa shape index (κ2) is 9.05. The summed E-state index contributed by atoms with van der Waals surface area (Å²) in [5, 5.41) is 8.22. The maximum atomic E-state index is 13.9. The second-order valence-electron chi connectivity index (χ2n) is 6.35. The molecule has 150 valence electrons. The molecule has 2 heterocycles. The van der Waals surface area contributed by atoms with Crippen LogP contribution in [0.2, 0.25) is 0 Å². The van der Waals surface area contributed by atoms with Crippen molar-refractivity contribution in [2.24, 2.45) is 5.92 Å². The Balaban J connectivity index is 1.55. The Kier molecular flexibility index (Phi) is 6.50. The van der Waals surface area contributed by atoms with Gasteiger partial charge in [-0.25, -0.2) is 9.07 Å². The van der Waals surface area contributed by atoms with Crippen molar-refractivity contribution in [2.45, 2.75) is 24.9 Å². The summed E-state index contributed by atoms with van der Waals surface area (Å²) in [7, 11) is 0. The Labute approximate surface area is 166 Å². The van der Waals surface area contributed by atoms with Crippen LogP contribution in [0.1, 0.15) is 19.8 Å². The van der Waals surface area contributed by atoms with Crippen LogP contribution in [0.25, 0.3) is 11.4 Å². The summed E-state index contributed by atoms with van der Waals surface area (Å²) in [5.74, 6) is 5.46. The molecule has 0 bridgehead atoms. The number of nitrogens with two attached hydrogens (primary N) is 1. The molecule has 1 aliphatic heterocycles. The van der Waals surface area contributed by atoms with Gasteiger partial charge in [0.05, 0.1) is 23.8 Å². The number of halogens is 1. The lowest BCUT2D eigenvalue weighted by atomic mass is 9.97. The molecule has 2 N–H and O–H groups in total. The molecule has 8 nitrogen and oxygen atoms in total. The van der Waals surface area contributed by atoms with Gasteiger partial charge in [-0.3, -0.25) is 9.59 Å². The van der Waals surface area contributed by atoms with Gasteiger partial charge < -0.3 is 15.5 Å². The number of amides is 1. The number of rotatable bonds is 6. The molecule has 1 aromatic carbocycles. The number of hydrogen-bond donors (Lipinski definition) is 1. The largest absolute Gasteiger partial charge is 0.466 e. The Bertz CT molecular complexity index is 851. The molecule has 0 saturated carbocycles. The van der Waals surface area contributed by atoms with Crippen molar-refractivity contribution >= 4 is 23.6 Å². The minimum Gasteiger partial charge on any atom is -0.466 e. The summed E-state index contributed by atoms with van der Waals surface area (Å²) in [6, 6.07) is 6.15. The third kappa shape index (κ3) is 4.44. The first-order chi connectivity index (χ1) is 13.5. The third-order valence-corrected chi connectivity index (χ3v) is 5.50. The van der Waals surface area contributed by atoms with E-state index in [2.05, 4.69) is 10.2 Å². The van der Waals surface area contributed by atoms with Crippen molar-refractivity contribution in [1.82, 2.24) is 19.8 Å².